The van der Waals surface area contributed by atoms with Crippen LogP contribution in [0.2, 0.25) is 0 Å². The summed E-state index contributed by atoms with van der Waals surface area (Å²) < 4.78 is 4.31. The van der Waals surface area contributed by atoms with Crippen LogP contribution in [-0.2, 0) is 4.74 Å². The molecule has 0 aromatic rings. The first-order valence-electron chi connectivity index (χ1n) is 3.15. The van der Waals surface area contributed by atoms with Crippen LogP contribution in [0.4, 0.5) is 4.79 Å². The second-order valence-corrected chi connectivity index (χ2v) is 2.35. The highest BCUT2D eigenvalue weighted by Crippen LogP contribution is 2.31. The standard InChI is InChI=1S/C6H10O3/c7-6(8)9-4-3-5-1-2-5/h5H,1-4H2,(H,7,8). The van der Waals surface area contributed by atoms with Gasteiger partial charge in [-0.2, -0.15) is 0 Å². The molecule has 0 bridgehead atoms. The van der Waals surface area contributed by atoms with Crippen LogP contribution < -0.4 is 0 Å². The van der Waals surface area contributed by atoms with Crippen molar-refractivity contribution in [3.8, 4) is 0 Å². The minimum atomic E-state index is -1.16. The first-order valence-corrected chi connectivity index (χ1v) is 3.15. The normalized spacial score (nSPS) is 17.3. The van der Waals surface area contributed by atoms with Gasteiger partial charge in [0.05, 0.1) is 6.61 Å². The zero-order valence-electron chi connectivity index (χ0n) is 5.17. The summed E-state index contributed by atoms with van der Waals surface area (Å²) in [5.74, 6) is 0.754. The monoisotopic (exact) mass is 130 g/mol. The Balaban J connectivity index is 1.86. The molecule has 0 aromatic heterocycles. The van der Waals surface area contributed by atoms with E-state index in [9.17, 15) is 4.79 Å². The van der Waals surface area contributed by atoms with Gasteiger partial charge in [-0.3, -0.25) is 0 Å². The molecule has 3 nitrogen and oxygen atoms in total. The van der Waals surface area contributed by atoms with Crippen molar-refractivity contribution in [2.45, 2.75) is 19.3 Å². The Labute approximate surface area is 53.6 Å². The van der Waals surface area contributed by atoms with Crippen LogP contribution in [0, 0.1) is 5.92 Å². The van der Waals surface area contributed by atoms with Crippen LogP contribution in [-0.4, -0.2) is 17.9 Å². The number of hydrogen-bond acceptors (Lipinski definition) is 2. The molecule has 0 radical (unpaired) electrons. The van der Waals surface area contributed by atoms with E-state index in [2.05, 4.69) is 4.74 Å². The van der Waals surface area contributed by atoms with Gasteiger partial charge in [0.2, 0.25) is 0 Å². The molecule has 9 heavy (non-hydrogen) atoms. The summed E-state index contributed by atoms with van der Waals surface area (Å²) in [6, 6.07) is 0. The fraction of sp³-hybridized carbons (Fsp3) is 0.833. The minimum Gasteiger partial charge on any atom is -0.450 e. The molecular formula is C6H10O3. The molecule has 52 valence electrons. The van der Waals surface area contributed by atoms with E-state index in [1.165, 1.54) is 12.8 Å². The Morgan fingerprint density at radius 3 is 2.78 bits per heavy atom. The number of hydrogen-bond donors (Lipinski definition) is 1. The second-order valence-electron chi connectivity index (χ2n) is 2.35. The average molecular weight is 130 g/mol. The molecule has 0 unspecified atom stereocenters. The van der Waals surface area contributed by atoms with Crippen molar-refractivity contribution in [1.82, 2.24) is 0 Å². The molecular weight excluding hydrogens is 120 g/mol. The molecule has 0 saturated heterocycles. The van der Waals surface area contributed by atoms with Gasteiger partial charge in [0, 0.05) is 0 Å². The number of ether oxygens (including phenoxy) is 1. The summed E-state index contributed by atoms with van der Waals surface area (Å²) in [6.45, 7) is 0.375. The molecule has 0 heterocycles. The molecule has 1 aliphatic rings. The summed E-state index contributed by atoms with van der Waals surface area (Å²) in [4.78, 5) is 9.78. The van der Waals surface area contributed by atoms with E-state index < -0.39 is 6.16 Å². The van der Waals surface area contributed by atoms with E-state index in [4.69, 9.17) is 5.11 Å². The first-order chi connectivity index (χ1) is 4.29. The van der Waals surface area contributed by atoms with Crippen molar-refractivity contribution >= 4 is 6.16 Å². The molecule has 0 amide bonds. The Morgan fingerprint density at radius 1 is 1.67 bits per heavy atom. The summed E-state index contributed by atoms with van der Waals surface area (Å²) in [7, 11) is 0. The molecule has 1 aliphatic carbocycles. The van der Waals surface area contributed by atoms with Crippen molar-refractivity contribution in [3.63, 3.8) is 0 Å². The molecule has 0 spiro atoms. The lowest BCUT2D eigenvalue weighted by atomic mass is 10.3. The topological polar surface area (TPSA) is 46.5 Å². The van der Waals surface area contributed by atoms with Gasteiger partial charge in [0.25, 0.3) is 0 Å². The maximum absolute atomic E-state index is 9.78. The van der Waals surface area contributed by atoms with Gasteiger partial charge in [-0.15, -0.1) is 0 Å². The Hall–Kier alpha value is -0.730. The van der Waals surface area contributed by atoms with Crippen LogP contribution in [0.3, 0.4) is 0 Å². The smallest absolute Gasteiger partial charge is 0.450 e. The molecule has 1 fully saturated rings. The summed E-state index contributed by atoms with van der Waals surface area (Å²) in [5, 5.41) is 8.02. The number of rotatable bonds is 3. The highest BCUT2D eigenvalue weighted by atomic mass is 16.7. The van der Waals surface area contributed by atoms with Gasteiger partial charge in [-0.1, -0.05) is 12.8 Å². The highest BCUT2D eigenvalue weighted by Gasteiger charge is 2.20. The molecule has 1 saturated carbocycles. The summed E-state index contributed by atoms with van der Waals surface area (Å²) in [5.41, 5.74) is 0. The Bertz CT molecular complexity index is 107. The maximum atomic E-state index is 9.78. The van der Waals surface area contributed by atoms with Crippen LogP contribution in [0.1, 0.15) is 19.3 Å². The van der Waals surface area contributed by atoms with Crippen molar-refractivity contribution in [2.75, 3.05) is 6.61 Å². The highest BCUT2D eigenvalue weighted by molar-refractivity contribution is 5.56. The van der Waals surface area contributed by atoms with Crippen LogP contribution in [0.25, 0.3) is 0 Å². The van der Waals surface area contributed by atoms with Gasteiger partial charge < -0.3 is 9.84 Å². The van der Waals surface area contributed by atoms with Gasteiger partial charge in [0.1, 0.15) is 0 Å². The zero-order valence-corrected chi connectivity index (χ0v) is 5.17. The molecule has 0 atom stereocenters. The molecule has 1 N–H and O–H groups in total. The lowest BCUT2D eigenvalue weighted by Crippen LogP contribution is -2.01. The van der Waals surface area contributed by atoms with Gasteiger partial charge in [-0.25, -0.2) is 4.79 Å². The second kappa shape index (κ2) is 2.71. The van der Waals surface area contributed by atoms with Crippen molar-refractivity contribution in [3.05, 3.63) is 0 Å². The first kappa shape index (κ1) is 6.39. The van der Waals surface area contributed by atoms with Crippen molar-refractivity contribution in [1.29, 1.82) is 0 Å². The lowest BCUT2D eigenvalue weighted by Gasteiger charge is -1.95. The molecule has 0 aromatic carbocycles. The van der Waals surface area contributed by atoms with E-state index in [0.29, 0.717) is 6.61 Å². The molecule has 1 rings (SSSR count). The van der Waals surface area contributed by atoms with Gasteiger partial charge >= 0.3 is 6.16 Å². The Morgan fingerprint density at radius 2 is 2.33 bits per heavy atom. The van der Waals surface area contributed by atoms with Crippen LogP contribution in [0.15, 0.2) is 0 Å². The minimum absolute atomic E-state index is 0.375. The van der Waals surface area contributed by atoms with Crippen LogP contribution in [0.5, 0.6) is 0 Å². The zero-order chi connectivity index (χ0) is 6.69. The average Bonchev–Trinajstić information content (AvgIpc) is 2.48. The maximum Gasteiger partial charge on any atom is 0.505 e. The van der Waals surface area contributed by atoms with Gasteiger partial charge in [0.15, 0.2) is 0 Å². The van der Waals surface area contributed by atoms with Crippen molar-refractivity contribution in [2.24, 2.45) is 5.92 Å². The summed E-state index contributed by atoms with van der Waals surface area (Å²) in [6.07, 6.45) is 2.26. The van der Waals surface area contributed by atoms with E-state index in [1.54, 1.807) is 0 Å². The van der Waals surface area contributed by atoms with Crippen molar-refractivity contribution < 1.29 is 14.6 Å². The third-order valence-corrected chi connectivity index (χ3v) is 1.45. The van der Waals surface area contributed by atoms with E-state index in [0.717, 1.165) is 12.3 Å². The fourth-order valence-corrected chi connectivity index (χ4v) is 0.719. The number of carbonyl (C=O) groups is 1. The third kappa shape index (κ3) is 2.95. The largest absolute Gasteiger partial charge is 0.505 e. The lowest BCUT2D eigenvalue weighted by molar-refractivity contribution is 0.0893. The third-order valence-electron chi connectivity index (χ3n) is 1.45. The number of carboxylic acid groups (broad SMARTS) is 1. The summed E-state index contributed by atoms with van der Waals surface area (Å²) >= 11 is 0. The van der Waals surface area contributed by atoms with Crippen LogP contribution >= 0.6 is 0 Å². The SMILES string of the molecule is O=C(O)OCCC1CC1. The molecule has 0 aliphatic heterocycles. The predicted molar refractivity (Wildman–Crippen MR) is 31.3 cm³/mol. The predicted octanol–water partition coefficient (Wildman–Crippen LogP) is 1.48. The van der Waals surface area contributed by atoms with E-state index >= 15 is 0 Å². The Kier molecular flexibility index (Phi) is 1.92. The fourth-order valence-electron chi connectivity index (χ4n) is 0.719. The van der Waals surface area contributed by atoms with E-state index in [-0.39, 0.29) is 0 Å². The quantitative estimate of drug-likeness (QED) is 0.588. The van der Waals surface area contributed by atoms with E-state index in [1.807, 2.05) is 0 Å². The van der Waals surface area contributed by atoms with Gasteiger partial charge in [-0.05, 0) is 12.3 Å². The molecule has 3 heteroatoms.